The largest absolute Gasteiger partial charge is 0.506 e. The molecule has 0 bridgehead atoms. The lowest BCUT2D eigenvalue weighted by molar-refractivity contribution is 0.479. The minimum Gasteiger partial charge on any atom is -0.506 e. The minimum absolute atomic E-state index is 0.339. The molecule has 2 aromatic rings. The van der Waals surface area contributed by atoms with Gasteiger partial charge in [0.25, 0.3) is 0 Å². The SMILES string of the molecule is CC(C)c1cc(O)c2[nH]ccc2c1. The first-order valence-electron chi connectivity index (χ1n) is 4.48. The van der Waals surface area contributed by atoms with Gasteiger partial charge in [-0.3, -0.25) is 0 Å². The number of hydrogen-bond donors (Lipinski definition) is 2. The van der Waals surface area contributed by atoms with E-state index in [0.717, 1.165) is 10.9 Å². The van der Waals surface area contributed by atoms with Crippen LogP contribution in [0.15, 0.2) is 24.4 Å². The number of aromatic amines is 1. The summed E-state index contributed by atoms with van der Waals surface area (Å²) in [5.41, 5.74) is 1.99. The number of aromatic hydroxyl groups is 1. The van der Waals surface area contributed by atoms with E-state index in [2.05, 4.69) is 24.9 Å². The van der Waals surface area contributed by atoms with Crippen LogP contribution in [0, 0.1) is 0 Å². The molecule has 2 N–H and O–H groups in total. The maximum absolute atomic E-state index is 9.66. The fourth-order valence-electron chi connectivity index (χ4n) is 1.51. The van der Waals surface area contributed by atoms with Crippen molar-refractivity contribution in [2.75, 3.05) is 0 Å². The monoisotopic (exact) mass is 175 g/mol. The van der Waals surface area contributed by atoms with Gasteiger partial charge in [-0.25, -0.2) is 0 Å². The zero-order valence-corrected chi connectivity index (χ0v) is 7.83. The maximum Gasteiger partial charge on any atom is 0.139 e. The van der Waals surface area contributed by atoms with E-state index < -0.39 is 0 Å². The van der Waals surface area contributed by atoms with Gasteiger partial charge in [0.1, 0.15) is 5.75 Å². The molecule has 68 valence electrons. The minimum atomic E-state index is 0.339. The van der Waals surface area contributed by atoms with Crippen LogP contribution in [0.5, 0.6) is 5.75 Å². The van der Waals surface area contributed by atoms with Gasteiger partial charge >= 0.3 is 0 Å². The summed E-state index contributed by atoms with van der Waals surface area (Å²) in [5.74, 6) is 0.788. The van der Waals surface area contributed by atoms with Gasteiger partial charge in [0.15, 0.2) is 0 Å². The highest BCUT2D eigenvalue weighted by Gasteiger charge is 2.05. The number of aromatic nitrogens is 1. The molecular formula is C11H13NO. The number of rotatable bonds is 1. The number of phenols is 1. The van der Waals surface area contributed by atoms with Crippen molar-refractivity contribution in [3.63, 3.8) is 0 Å². The Balaban J connectivity index is 2.70. The molecule has 0 saturated carbocycles. The summed E-state index contributed by atoms with van der Waals surface area (Å²) >= 11 is 0. The second-order valence-corrected chi connectivity index (χ2v) is 3.64. The van der Waals surface area contributed by atoms with E-state index in [-0.39, 0.29) is 0 Å². The van der Waals surface area contributed by atoms with Crippen LogP contribution in [0.1, 0.15) is 25.3 Å². The number of fused-ring (bicyclic) bond motifs is 1. The van der Waals surface area contributed by atoms with Crippen molar-refractivity contribution >= 4 is 10.9 Å². The van der Waals surface area contributed by atoms with Crippen LogP contribution in [-0.4, -0.2) is 10.1 Å². The molecule has 0 radical (unpaired) electrons. The molecular weight excluding hydrogens is 162 g/mol. The van der Waals surface area contributed by atoms with Gasteiger partial charge in [-0.1, -0.05) is 13.8 Å². The van der Waals surface area contributed by atoms with Crippen molar-refractivity contribution in [2.45, 2.75) is 19.8 Å². The summed E-state index contributed by atoms with van der Waals surface area (Å²) < 4.78 is 0. The Morgan fingerprint density at radius 1 is 1.31 bits per heavy atom. The summed E-state index contributed by atoms with van der Waals surface area (Å²) in [6.45, 7) is 4.24. The van der Waals surface area contributed by atoms with Crippen LogP contribution in [-0.2, 0) is 0 Å². The van der Waals surface area contributed by atoms with Crippen LogP contribution in [0.2, 0.25) is 0 Å². The van der Waals surface area contributed by atoms with Crippen LogP contribution >= 0.6 is 0 Å². The average Bonchev–Trinajstić information content (AvgIpc) is 2.51. The summed E-state index contributed by atoms with van der Waals surface area (Å²) in [4.78, 5) is 3.00. The molecule has 0 aliphatic heterocycles. The lowest BCUT2D eigenvalue weighted by Gasteiger charge is -2.06. The van der Waals surface area contributed by atoms with Gasteiger partial charge in [-0.15, -0.1) is 0 Å². The predicted molar refractivity (Wildman–Crippen MR) is 54.1 cm³/mol. The van der Waals surface area contributed by atoms with Gasteiger partial charge in [-0.2, -0.15) is 0 Å². The van der Waals surface area contributed by atoms with Crippen LogP contribution in [0.3, 0.4) is 0 Å². The van der Waals surface area contributed by atoms with E-state index in [4.69, 9.17) is 0 Å². The van der Waals surface area contributed by atoms with Gasteiger partial charge in [0.2, 0.25) is 0 Å². The lowest BCUT2D eigenvalue weighted by Crippen LogP contribution is -1.86. The van der Waals surface area contributed by atoms with E-state index in [0.29, 0.717) is 11.7 Å². The molecule has 0 saturated heterocycles. The Morgan fingerprint density at radius 3 is 2.77 bits per heavy atom. The quantitative estimate of drug-likeness (QED) is 0.686. The highest BCUT2D eigenvalue weighted by atomic mass is 16.3. The van der Waals surface area contributed by atoms with Gasteiger partial charge in [0, 0.05) is 11.6 Å². The predicted octanol–water partition coefficient (Wildman–Crippen LogP) is 3.00. The molecule has 0 aliphatic rings. The first-order chi connectivity index (χ1) is 6.18. The fourth-order valence-corrected chi connectivity index (χ4v) is 1.51. The smallest absolute Gasteiger partial charge is 0.139 e. The summed E-state index contributed by atoms with van der Waals surface area (Å²) in [6, 6.07) is 5.90. The van der Waals surface area contributed by atoms with Crippen LogP contribution in [0.4, 0.5) is 0 Å². The summed E-state index contributed by atoms with van der Waals surface area (Å²) in [6.07, 6.45) is 1.84. The second-order valence-electron chi connectivity index (χ2n) is 3.64. The Labute approximate surface area is 77.2 Å². The van der Waals surface area contributed by atoms with E-state index in [1.807, 2.05) is 18.3 Å². The zero-order valence-electron chi connectivity index (χ0n) is 7.83. The van der Waals surface area contributed by atoms with E-state index in [9.17, 15) is 5.11 Å². The van der Waals surface area contributed by atoms with Gasteiger partial charge in [-0.05, 0) is 29.7 Å². The van der Waals surface area contributed by atoms with E-state index in [1.54, 1.807) is 0 Å². The molecule has 13 heavy (non-hydrogen) atoms. The first kappa shape index (κ1) is 8.17. The third-order valence-corrected chi connectivity index (χ3v) is 2.33. The van der Waals surface area contributed by atoms with Crippen molar-refractivity contribution in [2.24, 2.45) is 0 Å². The number of phenolic OH excluding ortho intramolecular Hbond substituents is 1. The van der Waals surface area contributed by atoms with E-state index in [1.165, 1.54) is 5.56 Å². The summed E-state index contributed by atoms with van der Waals surface area (Å²) in [5, 5.41) is 10.7. The molecule has 2 rings (SSSR count). The average molecular weight is 175 g/mol. The highest BCUT2D eigenvalue weighted by Crippen LogP contribution is 2.28. The molecule has 0 spiro atoms. The van der Waals surface area contributed by atoms with Gasteiger partial charge < -0.3 is 10.1 Å². The Bertz CT molecular complexity index is 429. The molecule has 1 aromatic heterocycles. The standard InChI is InChI=1S/C11H13NO/c1-7(2)9-5-8-3-4-12-11(8)10(13)6-9/h3-7,12-13H,1-2H3. The van der Waals surface area contributed by atoms with Crippen molar-refractivity contribution in [1.82, 2.24) is 4.98 Å². The van der Waals surface area contributed by atoms with Crippen molar-refractivity contribution < 1.29 is 5.11 Å². The Morgan fingerprint density at radius 2 is 2.08 bits per heavy atom. The third kappa shape index (κ3) is 1.28. The molecule has 0 unspecified atom stereocenters. The fraction of sp³-hybridized carbons (Fsp3) is 0.273. The van der Waals surface area contributed by atoms with E-state index >= 15 is 0 Å². The molecule has 0 amide bonds. The highest BCUT2D eigenvalue weighted by molar-refractivity contribution is 5.85. The lowest BCUT2D eigenvalue weighted by atomic mass is 10.0. The number of nitrogens with one attached hydrogen (secondary N) is 1. The molecule has 1 aromatic carbocycles. The maximum atomic E-state index is 9.66. The first-order valence-corrected chi connectivity index (χ1v) is 4.48. The normalized spacial score (nSPS) is 11.3. The summed E-state index contributed by atoms with van der Waals surface area (Å²) in [7, 11) is 0. The molecule has 2 nitrogen and oxygen atoms in total. The molecule has 0 atom stereocenters. The number of hydrogen-bond acceptors (Lipinski definition) is 1. The van der Waals surface area contributed by atoms with Gasteiger partial charge in [0.05, 0.1) is 5.52 Å². The molecule has 0 aliphatic carbocycles. The van der Waals surface area contributed by atoms with Crippen molar-refractivity contribution in [3.05, 3.63) is 30.0 Å². The molecule has 0 fully saturated rings. The Hall–Kier alpha value is -1.44. The number of benzene rings is 1. The van der Waals surface area contributed by atoms with Crippen LogP contribution in [0.25, 0.3) is 10.9 Å². The van der Waals surface area contributed by atoms with Crippen molar-refractivity contribution in [1.29, 1.82) is 0 Å². The number of H-pyrrole nitrogens is 1. The Kier molecular flexibility index (Phi) is 1.76. The van der Waals surface area contributed by atoms with Crippen LogP contribution < -0.4 is 0 Å². The third-order valence-electron chi connectivity index (χ3n) is 2.33. The second kappa shape index (κ2) is 2.80. The topological polar surface area (TPSA) is 36.0 Å². The molecule has 1 heterocycles. The van der Waals surface area contributed by atoms with Crippen molar-refractivity contribution in [3.8, 4) is 5.75 Å². The zero-order chi connectivity index (χ0) is 9.42. The molecule has 2 heteroatoms.